The molecule has 0 saturated heterocycles. The van der Waals surface area contributed by atoms with Crippen LogP contribution >= 0.6 is 0 Å². The molecule has 0 fully saturated rings. The second kappa shape index (κ2) is 5.18. The lowest BCUT2D eigenvalue weighted by Crippen LogP contribution is -2.15. The van der Waals surface area contributed by atoms with Crippen LogP contribution in [0.2, 0.25) is 0 Å². The summed E-state index contributed by atoms with van der Waals surface area (Å²) < 4.78 is 16.2. The molecule has 0 bridgehead atoms. The van der Waals surface area contributed by atoms with Gasteiger partial charge in [0, 0.05) is 5.39 Å². The Balaban J connectivity index is 2.59. The Morgan fingerprint density at radius 2 is 1.36 bits per heavy atom. The number of ketones is 2. The van der Waals surface area contributed by atoms with Gasteiger partial charge in [-0.2, -0.15) is 0 Å². The van der Waals surface area contributed by atoms with Crippen molar-refractivity contribution in [2.24, 2.45) is 0 Å². The number of ether oxygens (including phenoxy) is 3. The van der Waals surface area contributed by atoms with E-state index < -0.39 is 0 Å². The number of carbonyl (C=O) groups is 2. The topological polar surface area (TPSA) is 61.8 Å². The first-order chi connectivity index (χ1) is 10.6. The van der Waals surface area contributed by atoms with E-state index in [4.69, 9.17) is 14.2 Å². The van der Waals surface area contributed by atoms with Crippen LogP contribution in [0, 0.1) is 0 Å². The van der Waals surface area contributed by atoms with Gasteiger partial charge in [-0.15, -0.1) is 0 Å². The van der Waals surface area contributed by atoms with E-state index >= 15 is 0 Å². The molecule has 5 heteroatoms. The number of hydrogen-bond donors (Lipinski definition) is 0. The SMILES string of the molecule is COc1c2c(c(OC)c3c(OC)cccc13)C(=O)C=CC2=O. The van der Waals surface area contributed by atoms with E-state index in [2.05, 4.69) is 0 Å². The maximum absolute atomic E-state index is 12.3. The molecular weight excluding hydrogens is 284 g/mol. The highest BCUT2D eigenvalue weighted by Crippen LogP contribution is 2.46. The van der Waals surface area contributed by atoms with Crippen molar-refractivity contribution >= 4 is 22.3 Å². The summed E-state index contributed by atoms with van der Waals surface area (Å²) in [6.45, 7) is 0. The fourth-order valence-electron chi connectivity index (χ4n) is 2.82. The van der Waals surface area contributed by atoms with Crippen LogP contribution in [0.25, 0.3) is 10.8 Å². The van der Waals surface area contributed by atoms with E-state index in [0.29, 0.717) is 28.0 Å². The summed E-state index contributed by atoms with van der Waals surface area (Å²) in [4.78, 5) is 24.6. The highest BCUT2D eigenvalue weighted by Gasteiger charge is 2.31. The van der Waals surface area contributed by atoms with Crippen LogP contribution < -0.4 is 14.2 Å². The summed E-state index contributed by atoms with van der Waals surface area (Å²) in [5.74, 6) is 0.649. The minimum Gasteiger partial charge on any atom is -0.496 e. The van der Waals surface area contributed by atoms with Crippen molar-refractivity contribution in [2.75, 3.05) is 21.3 Å². The number of carbonyl (C=O) groups excluding carboxylic acids is 2. The van der Waals surface area contributed by atoms with Crippen molar-refractivity contribution in [3.63, 3.8) is 0 Å². The Hall–Kier alpha value is -2.82. The normalized spacial score (nSPS) is 13.2. The van der Waals surface area contributed by atoms with Gasteiger partial charge >= 0.3 is 0 Å². The maximum atomic E-state index is 12.3. The third kappa shape index (κ3) is 1.79. The molecule has 0 atom stereocenters. The third-order valence-electron chi connectivity index (χ3n) is 3.71. The van der Waals surface area contributed by atoms with Crippen LogP contribution in [-0.2, 0) is 0 Å². The molecule has 2 aromatic rings. The number of methoxy groups -OCH3 is 3. The van der Waals surface area contributed by atoms with Crippen LogP contribution in [0.4, 0.5) is 0 Å². The molecule has 0 spiro atoms. The van der Waals surface area contributed by atoms with Gasteiger partial charge in [0.05, 0.1) is 37.8 Å². The first kappa shape index (κ1) is 14.1. The van der Waals surface area contributed by atoms with Gasteiger partial charge in [0.25, 0.3) is 0 Å². The van der Waals surface area contributed by atoms with Crippen LogP contribution in [0.1, 0.15) is 20.7 Å². The summed E-state index contributed by atoms with van der Waals surface area (Å²) in [6, 6.07) is 5.36. The largest absolute Gasteiger partial charge is 0.496 e. The Kier molecular flexibility index (Phi) is 3.33. The van der Waals surface area contributed by atoms with Gasteiger partial charge in [-0.05, 0) is 18.2 Å². The van der Waals surface area contributed by atoms with Crippen molar-refractivity contribution in [3.05, 3.63) is 41.5 Å². The van der Waals surface area contributed by atoms with Crippen molar-refractivity contribution in [1.82, 2.24) is 0 Å². The zero-order valence-electron chi connectivity index (χ0n) is 12.4. The van der Waals surface area contributed by atoms with Crippen molar-refractivity contribution < 1.29 is 23.8 Å². The fourth-order valence-corrected chi connectivity index (χ4v) is 2.82. The van der Waals surface area contributed by atoms with Gasteiger partial charge in [0.15, 0.2) is 11.6 Å². The number of allylic oxidation sites excluding steroid dienone is 2. The molecule has 0 amide bonds. The molecule has 5 nitrogen and oxygen atoms in total. The first-order valence-corrected chi connectivity index (χ1v) is 6.65. The molecular formula is C17H14O5. The summed E-state index contributed by atoms with van der Waals surface area (Å²) in [6.07, 6.45) is 2.49. The molecule has 0 unspecified atom stereocenters. The minimum atomic E-state index is -0.294. The summed E-state index contributed by atoms with van der Waals surface area (Å²) in [5.41, 5.74) is 0.441. The highest BCUT2D eigenvalue weighted by atomic mass is 16.5. The van der Waals surface area contributed by atoms with E-state index in [0.717, 1.165) is 0 Å². The molecule has 3 rings (SSSR count). The van der Waals surface area contributed by atoms with E-state index in [9.17, 15) is 9.59 Å². The molecule has 0 saturated carbocycles. The quantitative estimate of drug-likeness (QED) is 0.872. The van der Waals surface area contributed by atoms with E-state index in [-0.39, 0.29) is 22.7 Å². The molecule has 112 valence electrons. The minimum absolute atomic E-state index is 0.212. The number of fused-ring (bicyclic) bond motifs is 2. The van der Waals surface area contributed by atoms with Gasteiger partial charge in [-0.1, -0.05) is 12.1 Å². The molecule has 1 aliphatic rings. The molecule has 0 heterocycles. The maximum Gasteiger partial charge on any atom is 0.190 e. The zero-order valence-corrected chi connectivity index (χ0v) is 12.4. The second-order valence-corrected chi connectivity index (χ2v) is 4.76. The monoisotopic (exact) mass is 298 g/mol. The predicted molar refractivity (Wildman–Crippen MR) is 81.4 cm³/mol. The summed E-state index contributed by atoms with van der Waals surface area (Å²) in [5, 5.41) is 1.27. The fraction of sp³-hybridized carbons (Fsp3) is 0.176. The van der Waals surface area contributed by atoms with Gasteiger partial charge in [-0.25, -0.2) is 0 Å². The van der Waals surface area contributed by atoms with E-state index in [1.54, 1.807) is 18.2 Å². The second-order valence-electron chi connectivity index (χ2n) is 4.76. The Bertz CT molecular complexity index is 833. The van der Waals surface area contributed by atoms with Crippen molar-refractivity contribution in [2.45, 2.75) is 0 Å². The predicted octanol–water partition coefficient (Wildman–Crippen LogP) is 2.80. The molecule has 22 heavy (non-hydrogen) atoms. The lowest BCUT2D eigenvalue weighted by atomic mass is 9.89. The Morgan fingerprint density at radius 1 is 0.773 bits per heavy atom. The molecule has 2 aromatic carbocycles. The molecule has 0 aromatic heterocycles. The van der Waals surface area contributed by atoms with Crippen molar-refractivity contribution in [3.8, 4) is 17.2 Å². The third-order valence-corrected chi connectivity index (χ3v) is 3.71. The highest BCUT2D eigenvalue weighted by molar-refractivity contribution is 6.27. The van der Waals surface area contributed by atoms with Crippen LogP contribution in [0.5, 0.6) is 17.2 Å². The van der Waals surface area contributed by atoms with Gasteiger partial charge in [0.1, 0.15) is 17.2 Å². The lowest BCUT2D eigenvalue weighted by Gasteiger charge is -2.21. The summed E-state index contributed by atoms with van der Waals surface area (Å²) in [7, 11) is 4.47. The number of rotatable bonds is 3. The Labute approximate surface area is 127 Å². The van der Waals surface area contributed by atoms with Gasteiger partial charge in [0.2, 0.25) is 0 Å². The smallest absolute Gasteiger partial charge is 0.190 e. The van der Waals surface area contributed by atoms with Crippen LogP contribution in [-0.4, -0.2) is 32.9 Å². The van der Waals surface area contributed by atoms with Crippen LogP contribution in [0.15, 0.2) is 30.4 Å². The first-order valence-electron chi connectivity index (χ1n) is 6.65. The van der Waals surface area contributed by atoms with E-state index in [1.165, 1.54) is 33.5 Å². The van der Waals surface area contributed by atoms with E-state index in [1.807, 2.05) is 0 Å². The Morgan fingerprint density at radius 3 is 1.91 bits per heavy atom. The number of hydrogen-bond acceptors (Lipinski definition) is 5. The molecule has 0 radical (unpaired) electrons. The molecule has 0 aliphatic heterocycles. The standard InChI is InChI=1S/C17H14O5/c1-20-12-6-4-5-9-13(12)17(22-3)15-11(19)8-7-10(18)14(15)16(9)21-2/h4-8H,1-3H3. The average Bonchev–Trinajstić information content (AvgIpc) is 2.55. The number of benzene rings is 2. The zero-order chi connectivity index (χ0) is 15.9. The molecule has 0 N–H and O–H groups in total. The van der Waals surface area contributed by atoms with Gasteiger partial charge in [-0.3, -0.25) is 9.59 Å². The lowest BCUT2D eigenvalue weighted by molar-refractivity contribution is 0.0989. The van der Waals surface area contributed by atoms with Crippen molar-refractivity contribution in [1.29, 1.82) is 0 Å². The van der Waals surface area contributed by atoms with Gasteiger partial charge < -0.3 is 14.2 Å². The summed E-state index contributed by atoms with van der Waals surface area (Å²) >= 11 is 0. The molecule has 1 aliphatic carbocycles. The van der Waals surface area contributed by atoms with Crippen LogP contribution in [0.3, 0.4) is 0 Å². The average molecular weight is 298 g/mol.